The van der Waals surface area contributed by atoms with Crippen LogP contribution in [-0.4, -0.2) is 23.9 Å². The summed E-state index contributed by atoms with van der Waals surface area (Å²) in [7, 11) is 0. The Kier molecular flexibility index (Phi) is 4.08. The van der Waals surface area contributed by atoms with E-state index in [1.54, 1.807) is 0 Å². The van der Waals surface area contributed by atoms with Crippen molar-refractivity contribution >= 4 is 0 Å². The van der Waals surface area contributed by atoms with E-state index in [2.05, 4.69) is 20.8 Å². The van der Waals surface area contributed by atoms with Crippen LogP contribution in [0.2, 0.25) is 0 Å². The van der Waals surface area contributed by atoms with Gasteiger partial charge in [0.2, 0.25) is 0 Å². The average Bonchev–Trinajstić information content (AvgIpc) is 2.91. The van der Waals surface area contributed by atoms with Gasteiger partial charge in [0.05, 0.1) is 12.2 Å². The van der Waals surface area contributed by atoms with Gasteiger partial charge in [-0.25, -0.2) is 0 Å². The summed E-state index contributed by atoms with van der Waals surface area (Å²) in [4.78, 5) is 0. The molecule has 0 amide bonds. The van der Waals surface area contributed by atoms with Crippen molar-refractivity contribution in [2.45, 2.75) is 90.8 Å². The highest BCUT2D eigenvalue weighted by Crippen LogP contribution is 2.66. The Morgan fingerprint density at radius 2 is 1.87 bits per heavy atom. The summed E-state index contributed by atoms with van der Waals surface area (Å²) in [5.41, 5.74) is 1.06. The van der Waals surface area contributed by atoms with Crippen molar-refractivity contribution < 1.29 is 9.84 Å². The highest BCUT2D eigenvalue weighted by atomic mass is 16.5. The summed E-state index contributed by atoms with van der Waals surface area (Å²) in [5.74, 6) is 3.54. The normalized spacial score (nSPS) is 55.8. The maximum absolute atomic E-state index is 10.5. The van der Waals surface area contributed by atoms with E-state index in [4.69, 9.17) is 4.74 Å². The van der Waals surface area contributed by atoms with E-state index in [1.165, 1.54) is 44.9 Å². The summed E-state index contributed by atoms with van der Waals surface area (Å²) < 4.78 is 5.95. The maximum Gasteiger partial charge on any atom is 0.0839 e. The van der Waals surface area contributed by atoms with Crippen molar-refractivity contribution in [2.24, 2.45) is 34.5 Å². The second kappa shape index (κ2) is 5.73. The monoisotopic (exact) mass is 320 g/mol. The van der Waals surface area contributed by atoms with E-state index < -0.39 is 0 Å². The van der Waals surface area contributed by atoms with Crippen LogP contribution in [0, 0.1) is 34.5 Å². The van der Waals surface area contributed by atoms with Crippen molar-refractivity contribution in [3.05, 3.63) is 0 Å². The molecular formula is C21H36O2. The number of hydrogen-bond donors (Lipinski definition) is 1. The summed E-state index contributed by atoms with van der Waals surface area (Å²) in [6.07, 6.45) is 12.0. The minimum Gasteiger partial charge on any atom is -0.390 e. The van der Waals surface area contributed by atoms with Crippen LogP contribution in [-0.2, 0) is 4.74 Å². The van der Waals surface area contributed by atoms with Crippen LogP contribution >= 0.6 is 0 Å². The molecule has 4 fully saturated rings. The van der Waals surface area contributed by atoms with Crippen LogP contribution in [0.4, 0.5) is 0 Å². The Morgan fingerprint density at radius 1 is 1.04 bits per heavy atom. The molecule has 2 heteroatoms. The van der Waals surface area contributed by atoms with Crippen LogP contribution in [0.1, 0.15) is 78.6 Å². The maximum atomic E-state index is 10.5. The molecule has 0 aliphatic heterocycles. The molecule has 0 unspecified atom stereocenters. The van der Waals surface area contributed by atoms with Gasteiger partial charge >= 0.3 is 0 Å². The van der Waals surface area contributed by atoms with E-state index in [1.807, 2.05) is 0 Å². The van der Waals surface area contributed by atoms with Gasteiger partial charge in [-0.15, -0.1) is 0 Å². The first kappa shape index (κ1) is 16.4. The highest BCUT2D eigenvalue weighted by Gasteiger charge is 2.59. The minimum absolute atomic E-state index is 0.0805. The fourth-order valence-corrected chi connectivity index (χ4v) is 7.63. The topological polar surface area (TPSA) is 29.5 Å². The molecule has 23 heavy (non-hydrogen) atoms. The predicted molar refractivity (Wildman–Crippen MR) is 93.1 cm³/mol. The molecule has 132 valence electrons. The fraction of sp³-hybridized carbons (Fsp3) is 1.00. The largest absolute Gasteiger partial charge is 0.390 e. The zero-order chi connectivity index (χ0) is 16.2. The molecule has 4 aliphatic rings. The second-order valence-corrected chi connectivity index (χ2v) is 9.74. The molecule has 2 nitrogen and oxygen atoms in total. The summed E-state index contributed by atoms with van der Waals surface area (Å²) in [5, 5.41) is 10.5. The number of fused-ring (bicyclic) bond motifs is 5. The average molecular weight is 321 g/mol. The minimum atomic E-state index is -0.232. The van der Waals surface area contributed by atoms with E-state index >= 15 is 0 Å². The van der Waals surface area contributed by atoms with E-state index in [0.29, 0.717) is 10.8 Å². The molecule has 0 bridgehead atoms. The third-order valence-electron chi connectivity index (χ3n) is 8.82. The second-order valence-electron chi connectivity index (χ2n) is 9.74. The molecule has 0 saturated heterocycles. The quantitative estimate of drug-likeness (QED) is 0.792. The summed E-state index contributed by atoms with van der Waals surface area (Å²) in [6.45, 7) is 7.94. The molecule has 8 atom stereocenters. The highest BCUT2D eigenvalue weighted by molar-refractivity contribution is 5.08. The van der Waals surface area contributed by atoms with Crippen LogP contribution in [0.5, 0.6) is 0 Å². The van der Waals surface area contributed by atoms with Crippen LogP contribution in [0.15, 0.2) is 0 Å². The van der Waals surface area contributed by atoms with Crippen LogP contribution in [0.25, 0.3) is 0 Å². The van der Waals surface area contributed by atoms with E-state index in [0.717, 1.165) is 43.1 Å². The van der Waals surface area contributed by atoms with Gasteiger partial charge < -0.3 is 9.84 Å². The van der Waals surface area contributed by atoms with Gasteiger partial charge in [-0.05, 0) is 92.8 Å². The molecular weight excluding hydrogens is 284 g/mol. The van der Waals surface area contributed by atoms with Crippen LogP contribution in [0.3, 0.4) is 0 Å². The van der Waals surface area contributed by atoms with Gasteiger partial charge in [-0.1, -0.05) is 20.3 Å². The molecule has 1 N–H and O–H groups in total. The zero-order valence-electron chi connectivity index (χ0n) is 15.4. The Morgan fingerprint density at radius 3 is 2.65 bits per heavy atom. The SMILES string of the molecule is CCO[C@H]1C[C@@]2(C)[C@@H](CC[C@H]3[C@@H]4CCC[C@@]4(C)CC[C@@H]32)C[C@@H]1O. The standard InChI is InChI=1S/C21H36O2/c1-4-23-19-13-21(3)14(12-18(19)22)7-8-15-16-6-5-10-20(16,2)11-9-17(15)21/h14-19,22H,4-13H2,1-3H3/t14-,15-,16-,17-,18-,19-,20-,21-/m0/s1. The van der Waals surface area contributed by atoms with Gasteiger partial charge in [0.25, 0.3) is 0 Å². The number of hydrogen-bond acceptors (Lipinski definition) is 2. The third-order valence-corrected chi connectivity index (χ3v) is 8.82. The smallest absolute Gasteiger partial charge is 0.0839 e. The Hall–Kier alpha value is -0.0800. The van der Waals surface area contributed by atoms with E-state index in [9.17, 15) is 5.11 Å². The molecule has 4 rings (SSSR count). The van der Waals surface area contributed by atoms with Crippen LogP contribution < -0.4 is 0 Å². The fourth-order valence-electron chi connectivity index (χ4n) is 7.63. The summed E-state index contributed by atoms with van der Waals surface area (Å²) in [6, 6.07) is 0. The number of aliphatic hydroxyl groups excluding tert-OH is 1. The lowest BCUT2D eigenvalue weighted by Crippen LogP contribution is -2.56. The Balaban J connectivity index is 1.60. The molecule has 4 aliphatic carbocycles. The third kappa shape index (κ3) is 2.42. The van der Waals surface area contributed by atoms with Gasteiger partial charge in [0.15, 0.2) is 0 Å². The molecule has 0 aromatic rings. The van der Waals surface area contributed by atoms with Crippen molar-refractivity contribution in [2.75, 3.05) is 6.61 Å². The lowest BCUT2D eigenvalue weighted by Gasteiger charge is -2.61. The van der Waals surface area contributed by atoms with Crippen molar-refractivity contribution in [3.63, 3.8) is 0 Å². The lowest BCUT2D eigenvalue weighted by atomic mass is 9.45. The number of aliphatic hydroxyl groups is 1. The van der Waals surface area contributed by atoms with Gasteiger partial charge in [0.1, 0.15) is 0 Å². The molecule has 0 aromatic carbocycles. The first-order valence-corrected chi connectivity index (χ1v) is 10.3. The van der Waals surface area contributed by atoms with Crippen molar-refractivity contribution in [1.29, 1.82) is 0 Å². The van der Waals surface area contributed by atoms with Gasteiger partial charge in [-0.3, -0.25) is 0 Å². The first-order chi connectivity index (χ1) is 11.0. The molecule has 0 heterocycles. The van der Waals surface area contributed by atoms with Crippen molar-refractivity contribution in [1.82, 2.24) is 0 Å². The molecule has 0 radical (unpaired) electrons. The Bertz CT molecular complexity index is 449. The van der Waals surface area contributed by atoms with Gasteiger partial charge in [-0.2, -0.15) is 0 Å². The number of ether oxygens (including phenoxy) is 1. The van der Waals surface area contributed by atoms with Crippen molar-refractivity contribution in [3.8, 4) is 0 Å². The Labute approximate surface area is 142 Å². The van der Waals surface area contributed by atoms with E-state index in [-0.39, 0.29) is 12.2 Å². The molecule has 0 aromatic heterocycles. The number of rotatable bonds is 2. The molecule has 4 saturated carbocycles. The summed E-state index contributed by atoms with van der Waals surface area (Å²) >= 11 is 0. The first-order valence-electron chi connectivity index (χ1n) is 10.3. The predicted octanol–water partition coefficient (Wildman–Crippen LogP) is 4.80. The molecule has 0 spiro atoms. The lowest BCUT2D eigenvalue weighted by molar-refractivity contribution is -0.168. The van der Waals surface area contributed by atoms with Gasteiger partial charge in [0, 0.05) is 6.61 Å². The zero-order valence-corrected chi connectivity index (χ0v) is 15.4.